The van der Waals surface area contributed by atoms with E-state index in [0.717, 1.165) is 12.8 Å². The Bertz CT molecular complexity index is 239. The third-order valence-electron chi connectivity index (χ3n) is 2.92. The summed E-state index contributed by atoms with van der Waals surface area (Å²) < 4.78 is 0. The molecule has 1 atom stereocenters. The summed E-state index contributed by atoms with van der Waals surface area (Å²) in [5.41, 5.74) is 6.41. The van der Waals surface area contributed by atoms with Crippen LogP contribution in [0.25, 0.3) is 0 Å². The summed E-state index contributed by atoms with van der Waals surface area (Å²) in [7, 11) is 0. The third kappa shape index (κ3) is 2.82. The van der Waals surface area contributed by atoms with Crippen LogP contribution in [0.1, 0.15) is 32.1 Å². The first-order chi connectivity index (χ1) is 6.06. The third-order valence-corrected chi connectivity index (χ3v) is 3.81. The largest absolute Gasteiger partial charge is 0.327 e. The number of hydrogen-bond donors (Lipinski definition) is 1. The van der Waals surface area contributed by atoms with Gasteiger partial charge in [-0.15, -0.1) is 11.3 Å². The molecule has 1 aromatic rings. The Kier molecular flexibility index (Phi) is 3.51. The minimum absolute atomic E-state index is 0.254. The van der Waals surface area contributed by atoms with Crippen molar-refractivity contribution in [1.82, 2.24) is 0 Å². The van der Waals surface area contributed by atoms with Crippen molar-refractivity contribution < 1.29 is 0 Å². The molecule has 2 heteroatoms. The molecule has 0 aliphatic heterocycles. The van der Waals surface area contributed by atoms with E-state index >= 15 is 0 Å². The van der Waals surface area contributed by atoms with Gasteiger partial charge >= 0.3 is 0 Å². The zero-order valence-corrected chi connectivity index (χ0v) is 9.53. The standard InChI is InChI=1S/C11H19NS/c1-4-11(2,3)10(12)8-9-6-5-7-13-9/h5-7,10H,4,8,12H2,1-3H3. The first-order valence-electron chi connectivity index (χ1n) is 4.84. The lowest BCUT2D eigenvalue weighted by molar-refractivity contribution is 0.273. The summed E-state index contributed by atoms with van der Waals surface area (Å²) in [5.74, 6) is 0. The highest BCUT2D eigenvalue weighted by Crippen LogP contribution is 2.26. The highest BCUT2D eigenvalue weighted by molar-refractivity contribution is 7.09. The summed E-state index contributed by atoms with van der Waals surface area (Å²) in [5, 5.41) is 2.11. The van der Waals surface area contributed by atoms with Crippen LogP contribution in [0.4, 0.5) is 0 Å². The van der Waals surface area contributed by atoms with Gasteiger partial charge in [-0.05, 0) is 29.7 Å². The van der Waals surface area contributed by atoms with E-state index in [2.05, 4.69) is 38.3 Å². The van der Waals surface area contributed by atoms with E-state index in [1.807, 2.05) is 0 Å². The van der Waals surface area contributed by atoms with Crippen molar-refractivity contribution in [3.63, 3.8) is 0 Å². The van der Waals surface area contributed by atoms with Crippen molar-refractivity contribution >= 4 is 11.3 Å². The average molecular weight is 197 g/mol. The highest BCUT2D eigenvalue weighted by Gasteiger charge is 2.24. The van der Waals surface area contributed by atoms with Crippen molar-refractivity contribution in [1.29, 1.82) is 0 Å². The molecule has 13 heavy (non-hydrogen) atoms. The van der Waals surface area contributed by atoms with E-state index in [-0.39, 0.29) is 11.5 Å². The van der Waals surface area contributed by atoms with Crippen molar-refractivity contribution in [2.45, 2.75) is 39.7 Å². The Morgan fingerprint density at radius 3 is 2.69 bits per heavy atom. The molecule has 0 saturated carbocycles. The van der Waals surface area contributed by atoms with Gasteiger partial charge in [0.15, 0.2) is 0 Å². The molecule has 1 aromatic heterocycles. The van der Waals surface area contributed by atoms with Crippen LogP contribution in [0.15, 0.2) is 17.5 Å². The number of rotatable bonds is 4. The van der Waals surface area contributed by atoms with Crippen LogP contribution in [0.5, 0.6) is 0 Å². The SMILES string of the molecule is CCC(C)(C)C(N)Cc1cccs1. The van der Waals surface area contributed by atoms with Gasteiger partial charge < -0.3 is 5.73 Å². The highest BCUT2D eigenvalue weighted by atomic mass is 32.1. The molecule has 0 amide bonds. The minimum Gasteiger partial charge on any atom is -0.327 e. The van der Waals surface area contributed by atoms with Gasteiger partial charge in [0.2, 0.25) is 0 Å². The predicted molar refractivity (Wildman–Crippen MR) is 60.1 cm³/mol. The molecule has 0 bridgehead atoms. The van der Waals surface area contributed by atoms with Crippen LogP contribution in [-0.4, -0.2) is 6.04 Å². The summed E-state index contributed by atoms with van der Waals surface area (Å²) >= 11 is 1.80. The molecule has 0 aromatic carbocycles. The van der Waals surface area contributed by atoms with E-state index in [4.69, 9.17) is 5.73 Å². The Morgan fingerprint density at radius 1 is 1.54 bits per heavy atom. The first-order valence-corrected chi connectivity index (χ1v) is 5.72. The Hall–Kier alpha value is -0.340. The average Bonchev–Trinajstić information content (AvgIpc) is 2.57. The van der Waals surface area contributed by atoms with E-state index in [9.17, 15) is 0 Å². The van der Waals surface area contributed by atoms with Gasteiger partial charge in [0.05, 0.1) is 0 Å². The zero-order valence-electron chi connectivity index (χ0n) is 8.71. The van der Waals surface area contributed by atoms with Gasteiger partial charge in [-0.2, -0.15) is 0 Å². The van der Waals surface area contributed by atoms with Gasteiger partial charge in [-0.1, -0.05) is 26.8 Å². The van der Waals surface area contributed by atoms with E-state index < -0.39 is 0 Å². The van der Waals surface area contributed by atoms with Gasteiger partial charge in [0.1, 0.15) is 0 Å². The van der Waals surface area contributed by atoms with E-state index in [1.165, 1.54) is 4.88 Å². The van der Waals surface area contributed by atoms with Crippen LogP contribution in [-0.2, 0) is 6.42 Å². The predicted octanol–water partition coefficient (Wildman–Crippen LogP) is 3.05. The molecule has 0 saturated heterocycles. The van der Waals surface area contributed by atoms with Gasteiger partial charge in [0, 0.05) is 10.9 Å². The first kappa shape index (κ1) is 10.7. The second-order valence-electron chi connectivity index (χ2n) is 4.23. The fourth-order valence-electron chi connectivity index (χ4n) is 1.18. The molecule has 1 nitrogen and oxygen atoms in total. The van der Waals surface area contributed by atoms with Crippen molar-refractivity contribution in [2.24, 2.45) is 11.1 Å². The molecule has 1 unspecified atom stereocenters. The molecule has 2 N–H and O–H groups in total. The Labute approximate surface area is 85.0 Å². The fraction of sp³-hybridized carbons (Fsp3) is 0.636. The molecule has 1 heterocycles. The lowest BCUT2D eigenvalue weighted by Gasteiger charge is -2.30. The maximum Gasteiger partial charge on any atom is 0.0139 e. The molecule has 0 radical (unpaired) electrons. The second-order valence-corrected chi connectivity index (χ2v) is 5.26. The summed E-state index contributed by atoms with van der Waals surface area (Å²) in [4.78, 5) is 1.40. The smallest absolute Gasteiger partial charge is 0.0139 e. The minimum atomic E-state index is 0.254. The van der Waals surface area contributed by atoms with Crippen molar-refractivity contribution in [3.8, 4) is 0 Å². The lowest BCUT2D eigenvalue weighted by atomic mass is 9.80. The fourth-order valence-corrected chi connectivity index (χ4v) is 1.95. The van der Waals surface area contributed by atoms with Gasteiger partial charge in [-0.3, -0.25) is 0 Å². The normalized spacial score (nSPS) is 14.5. The van der Waals surface area contributed by atoms with E-state index in [0.29, 0.717) is 0 Å². The number of nitrogens with two attached hydrogens (primary N) is 1. The Balaban J connectivity index is 2.55. The monoisotopic (exact) mass is 197 g/mol. The van der Waals surface area contributed by atoms with Crippen LogP contribution < -0.4 is 5.73 Å². The molecule has 74 valence electrons. The summed E-state index contributed by atoms with van der Waals surface area (Å²) in [6.07, 6.45) is 2.15. The molecule has 1 rings (SSSR count). The topological polar surface area (TPSA) is 26.0 Å². The van der Waals surface area contributed by atoms with Gasteiger partial charge in [-0.25, -0.2) is 0 Å². The summed E-state index contributed by atoms with van der Waals surface area (Å²) in [6, 6.07) is 4.53. The van der Waals surface area contributed by atoms with Crippen LogP contribution >= 0.6 is 11.3 Å². The van der Waals surface area contributed by atoms with Crippen LogP contribution in [0.3, 0.4) is 0 Å². The molecule has 0 aliphatic carbocycles. The maximum absolute atomic E-state index is 6.16. The quantitative estimate of drug-likeness (QED) is 0.789. The maximum atomic E-state index is 6.16. The van der Waals surface area contributed by atoms with E-state index in [1.54, 1.807) is 11.3 Å². The number of hydrogen-bond acceptors (Lipinski definition) is 2. The zero-order chi connectivity index (χ0) is 9.90. The van der Waals surface area contributed by atoms with Crippen molar-refractivity contribution in [3.05, 3.63) is 22.4 Å². The lowest BCUT2D eigenvalue weighted by Crippen LogP contribution is -2.38. The second kappa shape index (κ2) is 4.25. The molecule has 0 aliphatic rings. The molecule has 0 fully saturated rings. The summed E-state index contributed by atoms with van der Waals surface area (Å²) in [6.45, 7) is 6.69. The Morgan fingerprint density at radius 2 is 2.23 bits per heavy atom. The van der Waals surface area contributed by atoms with Gasteiger partial charge in [0.25, 0.3) is 0 Å². The van der Waals surface area contributed by atoms with Crippen LogP contribution in [0, 0.1) is 5.41 Å². The van der Waals surface area contributed by atoms with Crippen LogP contribution in [0.2, 0.25) is 0 Å². The molecule has 0 spiro atoms. The number of thiophene rings is 1. The molecular formula is C11H19NS. The van der Waals surface area contributed by atoms with Crippen molar-refractivity contribution in [2.75, 3.05) is 0 Å². The molecular weight excluding hydrogens is 178 g/mol.